The van der Waals surface area contributed by atoms with E-state index in [0.717, 1.165) is 50.5 Å². The molecule has 0 atom stereocenters. The van der Waals surface area contributed by atoms with Crippen LogP contribution >= 0.6 is 23.5 Å². The van der Waals surface area contributed by atoms with Crippen LogP contribution in [0.5, 0.6) is 17.2 Å². The summed E-state index contributed by atoms with van der Waals surface area (Å²) in [6.07, 6.45) is 3.77. The second-order valence-electron chi connectivity index (χ2n) is 14.0. The summed E-state index contributed by atoms with van der Waals surface area (Å²) in [6.45, 7) is 3.28. The summed E-state index contributed by atoms with van der Waals surface area (Å²) in [6, 6.07) is 46.6. The van der Waals surface area contributed by atoms with Gasteiger partial charge in [-0.05, 0) is 131 Å². The number of anilines is 2. The normalized spacial score (nSPS) is 17.7. The molecule has 0 N–H and O–H groups in total. The molecule has 3 aliphatic rings. The Morgan fingerprint density at radius 3 is 1.92 bits per heavy atom. The first-order valence-electron chi connectivity index (χ1n) is 19.4. The molecule has 0 radical (unpaired) electrons. The van der Waals surface area contributed by atoms with Crippen molar-refractivity contribution in [3.8, 4) is 28.4 Å². The number of amidine groups is 2. The zero-order valence-electron chi connectivity index (χ0n) is 32.8. The van der Waals surface area contributed by atoms with Crippen molar-refractivity contribution in [2.24, 2.45) is 9.98 Å². The van der Waals surface area contributed by atoms with Gasteiger partial charge in [0.05, 0.1) is 40.5 Å². The second kappa shape index (κ2) is 17.2. The zero-order valence-corrected chi connectivity index (χ0v) is 34.4. The van der Waals surface area contributed by atoms with Crippen molar-refractivity contribution in [2.75, 3.05) is 30.1 Å². The largest absolute Gasteiger partial charge is 0.497 e. The maximum atomic E-state index is 14.2. The molecule has 6 aromatic rings. The molecule has 9 rings (SSSR count). The van der Waals surface area contributed by atoms with Crippen LogP contribution < -0.4 is 24.0 Å². The molecule has 3 heterocycles. The molecule has 3 aliphatic heterocycles. The van der Waals surface area contributed by atoms with Crippen molar-refractivity contribution in [3.05, 3.63) is 178 Å². The van der Waals surface area contributed by atoms with E-state index in [-0.39, 0.29) is 11.8 Å². The van der Waals surface area contributed by atoms with Gasteiger partial charge in [0.25, 0.3) is 11.8 Å². The number of para-hydroxylation sites is 2. The Morgan fingerprint density at radius 1 is 0.650 bits per heavy atom. The highest BCUT2D eigenvalue weighted by molar-refractivity contribution is 8.19. The number of carbonyl (C=O) groups excluding carboxylic acids is 2. The maximum absolute atomic E-state index is 14.2. The van der Waals surface area contributed by atoms with E-state index in [1.807, 2.05) is 165 Å². The Bertz CT molecular complexity index is 2720. The van der Waals surface area contributed by atoms with Gasteiger partial charge >= 0.3 is 0 Å². The molecule has 0 unspecified atom stereocenters. The first kappa shape index (κ1) is 38.7. The summed E-state index contributed by atoms with van der Waals surface area (Å²) < 4.78 is 17.8. The zero-order chi connectivity index (χ0) is 41.0. The molecule has 2 amide bonds. The second-order valence-corrected chi connectivity index (χ2v) is 16.0. The standard InChI is InChI=1S/C49H38N4O5S2/c1-32-18-21-36(51-49-53(38-16-10-5-11-17-38)47(55)43(60-49)28-33-19-22-39(56-2)23-20-33)30-40(32)41-26-35(27-42-45(41)58-25-24-57-42)29-44-46(54)52(37-14-8-4-9-15-37)48(59-44)50-31-34-12-6-3-7-13-34/h3-23,26-30H,24-25,31H2,1-2H3/b43-28-,44-29-,50-48?,51-49?. The molecule has 0 bridgehead atoms. The van der Waals surface area contributed by atoms with Gasteiger partial charge in [0.1, 0.15) is 19.0 Å². The number of methoxy groups -OCH3 is 1. The van der Waals surface area contributed by atoms with Crippen molar-refractivity contribution >= 4 is 74.9 Å². The number of amides is 2. The Balaban J connectivity index is 1.09. The average molecular weight is 827 g/mol. The highest BCUT2D eigenvalue weighted by atomic mass is 32.2. The fourth-order valence-electron chi connectivity index (χ4n) is 7.02. The van der Waals surface area contributed by atoms with E-state index >= 15 is 0 Å². The van der Waals surface area contributed by atoms with E-state index in [1.54, 1.807) is 16.9 Å². The summed E-state index contributed by atoms with van der Waals surface area (Å²) in [7, 11) is 1.63. The van der Waals surface area contributed by atoms with Gasteiger partial charge in [-0.25, -0.2) is 4.99 Å². The molecule has 6 aromatic carbocycles. The highest BCUT2D eigenvalue weighted by Gasteiger charge is 2.36. The summed E-state index contributed by atoms with van der Waals surface area (Å²) in [4.78, 5) is 42.6. The topological polar surface area (TPSA) is 93.0 Å². The molecule has 2 fully saturated rings. The minimum atomic E-state index is -0.160. The molecule has 60 heavy (non-hydrogen) atoms. The van der Waals surface area contributed by atoms with E-state index in [1.165, 1.54) is 23.5 Å². The summed E-state index contributed by atoms with van der Waals surface area (Å²) >= 11 is 2.68. The third kappa shape index (κ3) is 8.09. The van der Waals surface area contributed by atoms with Crippen LogP contribution in [0.15, 0.2) is 165 Å². The van der Waals surface area contributed by atoms with Crippen LogP contribution in [0, 0.1) is 6.92 Å². The van der Waals surface area contributed by atoms with Crippen LogP contribution in [0.4, 0.5) is 17.1 Å². The van der Waals surface area contributed by atoms with E-state index < -0.39 is 0 Å². The number of hydrogen-bond donors (Lipinski definition) is 0. The van der Waals surface area contributed by atoms with Gasteiger partial charge in [0.2, 0.25) is 0 Å². The number of hydrogen-bond acceptors (Lipinski definition) is 9. The van der Waals surface area contributed by atoms with Crippen molar-refractivity contribution in [1.29, 1.82) is 0 Å². The first-order chi connectivity index (χ1) is 29.4. The lowest BCUT2D eigenvalue weighted by Gasteiger charge is -2.23. The first-order valence-corrected chi connectivity index (χ1v) is 21.0. The van der Waals surface area contributed by atoms with Crippen LogP contribution in [0.2, 0.25) is 0 Å². The van der Waals surface area contributed by atoms with Gasteiger partial charge in [-0.1, -0.05) is 84.9 Å². The lowest BCUT2D eigenvalue weighted by atomic mass is 9.96. The Hall–Kier alpha value is -6.82. The number of rotatable bonds is 9. The molecule has 0 aliphatic carbocycles. The molecule has 296 valence electrons. The highest BCUT2D eigenvalue weighted by Crippen LogP contribution is 2.45. The van der Waals surface area contributed by atoms with Crippen molar-refractivity contribution < 1.29 is 23.8 Å². The number of thioether (sulfide) groups is 2. The third-order valence-corrected chi connectivity index (χ3v) is 12.0. The van der Waals surface area contributed by atoms with Crippen LogP contribution in [-0.4, -0.2) is 42.5 Å². The van der Waals surface area contributed by atoms with Crippen LogP contribution in [-0.2, 0) is 16.1 Å². The van der Waals surface area contributed by atoms with E-state index in [2.05, 4.69) is 0 Å². The minimum absolute atomic E-state index is 0.157. The molecule has 0 aromatic heterocycles. The number of aryl methyl sites for hydroxylation is 1. The van der Waals surface area contributed by atoms with Crippen LogP contribution in [0.1, 0.15) is 22.3 Å². The number of benzene rings is 6. The van der Waals surface area contributed by atoms with Crippen molar-refractivity contribution in [1.82, 2.24) is 0 Å². The van der Waals surface area contributed by atoms with Crippen molar-refractivity contribution in [2.45, 2.75) is 13.5 Å². The number of fused-ring (bicyclic) bond motifs is 1. The van der Waals surface area contributed by atoms with E-state index in [4.69, 9.17) is 24.2 Å². The van der Waals surface area contributed by atoms with Gasteiger partial charge in [0.15, 0.2) is 21.8 Å². The smallest absolute Gasteiger partial charge is 0.271 e. The number of ether oxygens (including phenoxy) is 3. The average Bonchev–Trinajstić information content (AvgIpc) is 3.77. The maximum Gasteiger partial charge on any atom is 0.271 e. The fraction of sp³-hybridized carbons (Fsp3) is 0.102. The number of carbonyl (C=O) groups is 2. The summed E-state index contributed by atoms with van der Waals surface area (Å²) in [5.41, 5.74) is 7.52. The number of aliphatic imine (C=N–C) groups is 2. The van der Waals surface area contributed by atoms with Gasteiger partial charge in [0, 0.05) is 5.56 Å². The van der Waals surface area contributed by atoms with Crippen LogP contribution in [0.25, 0.3) is 23.3 Å². The van der Waals surface area contributed by atoms with Gasteiger partial charge in [-0.2, -0.15) is 0 Å². The van der Waals surface area contributed by atoms with Gasteiger partial charge in [-0.15, -0.1) is 0 Å². The molecular weight excluding hydrogens is 789 g/mol. The van der Waals surface area contributed by atoms with Gasteiger partial charge < -0.3 is 14.2 Å². The third-order valence-electron chi connectivity index (χ3n) is 9.99. The monoisotopic (exact) mass is 826 g/mol. The lowest BCUT2D eigenvalue weighted by molar-refractivity contribution is -0.114. The molecule has 0 saturated carbocycles. The Labute approximate surface area is 356 Å². The minimum Gasteiger partial charge on any atom is -0.497 e. The predicted octanol–water partition coefficient (Wildman–Crippen LogP) is 10.9. The van der Waals surface area contributed by atoms with Gasteiger partial charge in [-0.3, -0.25) is 24.4 Å². The summed E-state index contributed by atoms with van der Waals surface area (Å²) in [5.74, 6) is 1.64. The fourth-order valence-corrected chi connectivity index (χ4v) is 9.00. The molecule has 0 spiro atoms. The lowest BCUT2D eigenvalue weighted by Crippen LogP contribution is -2.28. The number of nitrogens with zero attached hydrogens (tertiary/aromatic N) is 4. The predicted molar refractivity (Wildman–Crippen MR) is 244 cm³/mol. The van der Waals surface area contributed by atoms with Crippen LogP contribution in [0.3, 0.4) is 0 Å². The molecule has 9 nitrogen and oxygen atoms in total. The summed E-state index contributed by atoms with van der Waals surface area (Å²) in [5, 5.41) is 1.14. The molecule has 11 heteroatoms. The van der Waals surface area contributed by atoms with Crippen molar-refractivity contribution in [3.63, 3.8) is 0 Å². The Kier molecular flexibility index (Phi) is 11.1. The van der Waals surface area contributed by atoms with E-state index in [0.29, 0.717) is 57.1 Å². The Morgan fingerprint density at radius 2 is 1.25 bits per heavy atom. The SMILES string of the molecule is COc1ccc(/C=C2\SC(=Nc3ccc(C)c(-c4cc(/C=C5\SC(=NCc6ccccc6)N(c6ccccc6)C5=O)cc5c4OCCO5)c3)N(c3ccccc3)C2=O)cc1. The quantitative estimate of drug-likeness (QED) is 0.134. The molecule has 2 saturated heterocycles. The van der Waals surface area contributed by atoms with E-state index in [9.17, 15) is 9.59 Å². The molecular formula is C49H38N4O5S2.